The van der Waals surface area contributed by atoms with Gasteiger partial charge in [-0.1, -0.05) is 222 Å². The lowest BCUT2D eigenvalue weighted by Gasteiger charge is -2.33. The molecular weight excluding hydrogens is 1950 g/mol. The van der Waals surface area contributed by atoms with Gasteiger partial charge in [-0.2, -0.15) is 0 Å². The number of esters is 4. The summed E-state index contributed by atoms with van der Waals surface area (Å²) >= 11 is 0. The molecule has 2 fully saturated rings. The predicted molar refractivity (Wildman–Crippen MR) is 561 cm³/mol. The van der Waals surface area contributed by atoms with Crippen LogP contribution in [-0.4, -0.2) is 274 Å². The number of carbonyl (C=O) groups is 15. The van der Waals surface area contributed by atoms with Crippen molar-refractivity contribution in [2.24, 2.45) is 35.5 Å². The van der Waals surface area contributed by atoms with Crippen molar-refractivity contribution in [2.45, 2.75) is 350 Å². The van der Waals surface area contributed by atoms with Crippen LogP contribution >= 0.6 is 0 Å². The third-order valence-corrected chi connectivity index (χ3v) is 25.6. The molecule has 2 aliphatic rings. The molecular formula is C111H169ClN12O26. The Balaban J connectivity index is 0.000000614. The van der Waals surface area contributed by atoms with Crippen molar-refractivity contribution >= 4 is 89.5 Å². The number of amides is 10. The third kappa shape index (κ3) is 44.6. The molecule has 39 heteroatoms. The lowest BCUT2D eigenvalue weighted by atomic mass is 9.91. The molecule has 0 aliphatic carbocycles. The Hall–Kier alpha value is -12.5. The molecule has 18 atom stereocenters. The number of aliphatic carboxylic acids is 1. The van der Waals surface area contributed by atoms with Crippen LogP contribution < -0.4 is 60.1 Å². The summed E-state index contributed by atoms with van der Waals surface area (Å²) in [4.78, 5) is 205. The number of rotatable bonds is 50. The summed E-state index contributed by atoms with van der Waals surface area (Å²) in [5, 5.41) is 50.5. The average Bonchev–Trinajstić information content (AvgIpc) is 1.71. The molecule has 5 aromatic carbocycles. The van der Waals surface area contributed by atoms with Crippen LogP contribution in [0.15, 0.2) is 140 Å². The molecule has 2 heterocycles. The maximum atomic E-state index is 14.2. The number of ether oxygens (including phenoxy) is 8. The van der Waals surface area contributed by atoms with Crippen molar-refractivity contribution in [2.75, 3.05) is 41.3 Å². The molecule has 0 spiro atoms. The smallest absolute Gasteiger partial charge is 0.410 e. The number of carboxylic acids is 1. The summed E-state index contributed by atoms with van der Waals surface area (Å²) in [7, 11) is 6.39. The van der Waals surface area contributed by atoms with E-state index < -0.39 is 204 Å². The molecule has 2 saturated heterocycles. The van der Waals surface area contributed by atoms with Gasteiger partial charge in [-0.25, -0.2) is 33.6 Å². The minimum absolute atomic E-state index is 0. The molecule has 150 heavy (non-hydrogen) atoms. The fourth-order valence-electron chi connectivity index (χ4n) is 16.6. The minimum Gasteiger partial charge on any atom is -1.00 e. The van der Waals surface area contributed by atoms with Crippen molar-refractivity contribution in [3.05, 3.63) is 173 Å². The Morgan fingerprint density at radius 2 is 0.827 bits per heavy atom. The number of likely N-dealkylation sites (tertiary alicyclic amines) is 2. The SMILES string of the molecule is CC[C@H](C)[C@@H](NC(=O)[C@@H](NC(=O)OC(C)(C)C)[C@@H](C)OC(=O)[C@H](Cc1ccc(C)cc1)N(C)C)[C@@H](O)CC(=O)N[C@H](C(=O)N[C@@H](CC(C)C)C(=O)N1CCC[C@H]1C(=O)OCc1ccccc1)C(C)C.CC[C@H](C)[C@@H]([NH3+])[C@@H](O)CC(=O)N[C@H](C(=O)N[C@@H](CC(C)C)C(=O)N1CCC[C@H]1C(=O)OCc1ccccc1)C(C)C.COc1ccc(C[C@@H](C(=O)O[C@H](C)[C@H](NC(=O)OC(C)(C)C)C(=O)O)N(C)C(=O)OCc2ccccc2)cc1.[2HH].[Cl-]. The summed E-state index contributed by atoms with van der Waals surface area (Å²) < 4.78 is 43.6. The van der Waals surface area contributed by atoms with Gasteiger partial charge in [-0.3, -0.25) is 48.2 Å². The van der Waals surface area contributed by atoms with Crippen molar-refractivity contribution in [1.82, 2.24) is 56.8 Å². The van der Waals surface area contributed by atoms with E-state index in [4.69, 9.17) is 37.9 Å². The highest BCUT2D eigenvalue weighted by Crippen LogP contribution is 2.28. The largest absolute Gasteiger partial charge is 1.00 e. The van der Waals surface area contributed by atoms with Crippen molar-refractivity contribution in [3.63, 3.8) is 0 Å². The summed E-state index contributed by atoms with van der Waals surface area (Å²) in [6.07, 6.45) is -3.82. The van der Waals surface area contributed by atoms with Gasteiger partial charge in [0, 0.05) is 33.9 Å². The van der Waals surface area contributed by atoms with Crippen LogP contribution in [0.3, 0.4) is 0 Å². The highest BCUT2D eigenvalue weighted by atomic mass is 35.5. The van der Waals surface area contributed by atoms with E-state index >= 15 is 0 Å². The Morgan fingerprint density at radius 1 is 0.460 bits per heavy atom. The molecule has 10 amide bonds. The molecule has 0 saturated carbocycles. The second-order valence-electron chi connectivity index (χ2n) is 42.3. The zero-order valence-corrected chi connectivity index (χ0v) is 92.9. The number of likely N-dealkylation sites (N-methyl/N-ethyl adjacent to an activating group) is 2. The number of aliphatic hydroxyl groups is 2. The highest BCUT2D eigenvalue weighted by Gasteiger charge is 2.45. The number of nitrogens with zero attached hydrogens (tertiary/aromatic N) is 4. The Morgan fingerprint density at radius 3 is 1.20 bits per heavy atom. The van der Waals surface area contributed by atoms with Gasteiger partial charge in [0.2, 0.25) is 41.4 Å². The van der Waals surface area contributed by atoms with Gasteiger partial charge in [0.15, 0.2) is 6.04 Å². The number of halogens is 1. The van der Waals surface area contributed by atoms with Gasteiger partial charge in [0.1, 0.15) is 116 Å². The number of hydrogen-bond donors (Lipinski definition) is 11. The van der Waals surface area contributed by atoms with Crippen LogP contribution in [0.4, 0.5) is 14.4 Å². The number of quaternary nitrogens is 1. The Bertz CT molecular complexity index is 5100. The van der Waals surface area contributed by atoms with E-state index in [2.05, 4.69) is 43.0 Å². The van der Waals surface area contributed by atoms with Gasteiger partial charge in [0.25, 0.3) is 0 Å². The first kappa shape index (κ1) is 130. The standard InChI is InChI=1S/C52H80N6O11.C31H50N4O6.C28H36N2O9.ClH.H2/c1-14-34(7)44(55-47(62)45(56-51(66)69-52(9,10)11)35(8)68-50(65)40(57(12)13)28-36-24-22-33(6)23-25-36)41(59)29-42(60)54-43(32(4)5)46(61)53-38(27-31(2)3)48(63)58-26-18-21-39(58)49(64)67-30-37-19-16-15-17-20-37;1-7-21(6)27(32)25(36)17-26(37)34-28(20(4)5)29(38)33-23(16-19(2)3)30(39)35-15-11-14-24(35)31(40)41-18-22-12-9-8-10-13-22;1-18(23(24(31)32)29-26(34)39-28(2,3)4)38-25(33)22(16-19-12-14-21(36-6)15-13-19)30(5)27(35)37-17-20-10-8-7-9-11-20;;/h15-17,19-20,22-25,31-32,34-35,38-41,43-45,59H,14,18,21,26-30H2,1-13H3,(H,53,61)(H,54,60)(H,55,62)(H,56,66);8-10,12-13,19-21,23-25,27-28,36H,7,11,14-18,32H2,1-6H3,(H,33,38)(H,34,37);7-15,18,22-23H,16-17H2,1-6H3,(H,29,34)(H,31,32);2*1H/t34-,35+,38-,39-,40-,41-,43-,44+,45-;21-,23-,24-,25-,27+,28-;18-,22+,23+;;/m001../s1/i;;;;1+1. The second kappa shape index (κ2) is 63.6. The molecule has 38 nitrogen and oxygen atoms in total. The zero-order valence-electron chi connectivity index (χ0n) is 92.1. The fraction of sp³-hybridized carbons (Fsp3) is 0.595. The number of hydrogen-bond acceptors (Lipinski definition) is 26. The number of nitrogens with one attached hydrogen (secondary N) is 7. The average molecular weight is 2120 g/mol. The van der Waals surface area contributed by atoms with E-state index in [1.165, 1.54) is 37.8 Å². The van der Waals surface area contributed by atoms with Crippen LogP contribution in [0, 0.1) is 42.4 Å². The van der Waals surface area contributed by atoms with Crippen LogP contribution in [0.1, 0.15) is 237 Å². The number of benzene rings is 5. The molecule has 0 unspecified atom stereocenters. The van der Waals surface area contributed by atoms with Gasteiger partial charge >= 0.3 is 48.1 Å². The van der Waals surface area contributed by atoms with E-state index in [0.717, 1.165) is 39.1 Å². The maximum absolute atomic E-state index is 14.2. The fourth-order valence-corrected chi connectivity index (χ4v) is 16.6. The number of aliphatic hydroxyl groups excluding tert-OH is 2. The highest BCUT2D eigenvalue weighted by molar-refractivity contribution is 5.96. The van der Waals surface area contributed by atoms with Crippen LogP contribution in [-0.2, 0) is 123 Å². The van der Waals surface area contributed by atoms with Gasteiger partial charge in [0.05, 0.1) is 32.1 Å². The number of aryl methyl sites for hydroxylation is 1. The zero-order chi connectivity index (χ0) is 112. The maximum Gasteiger partial charge on any atom is 0.410 e. The lowest BCUT2D eigenvalue weighted by molar-refractivity contribution is -0.449. The number of methoxy groups -OCH3 is 1. The van der Waals surface area contributed by atoms with Gasteiger partial charge < -0.3 is 118 Å². The topological polar surface area (TPSA) is 515 Å². The first-order valence-corrected chi connectivity index (χ1v) is 51.6. The number of alkyl carbamates (subject to hydrolysis) is 2. The van der Waals surface area contributed by atoms with Gasteiger partial charge in [-0.15, -0.1) is 0 Å². The third-order valence-electron chi connectivity index (χ3n) is 25.6. The van der Waals surface area contributed by atoms with Crippen molar-refractivity contribution < 1.29 is 145 Å². The van der Waals surface area contributed by atoms with Crippen molar-refractivity contribution in [3.8, 4) is 5.75 Å². The van der Waals surface area contributed by atoms with Crippen LogP contribution in [0.2, 0.25) is 0 Å². The van der Waals surface area contributed by atoms with Crippen LogP contribution in [0.5, 0.6) is 5.75 Å². The summed E-state index contributed by atoms with van der Waals surface area (Å²) in [5.41, 5.74) is 7.30. The van der Waals surface area contributed by atoms with E-state index in [1.807, 2.05) is 172 Å². The Kier molecular flexibility index (Phi) is 55.0. The van der Waals surface area contributed by atoms with Gasteiger partial charge in [-0.05, 0) is 197 Å². The van der Waals surface area contributed by atoms with E-state index in [0.29, 0.717) is 69.3 Å². The first-order chi connectivity index (χ1) is 70.0. The normalized spacial score (nSPS) is 16.6. The summed E-state index contributed by atoms with van der Waals surface area (Å²) in [6.45, 7) is 37.9. The Labute approximate surface area is 892 Å². The van der Waals surface area contributed by atoms with Crippen LogP contribution in [0.25, 0.3) is 0 Å². The predicted octanol–water partition coefficient (Wildman–Crippen LogP) is 7.82. The molecule has 2 aliphatic heterocycles. The molecule has 0 bridgehead atoms. The molecule has 7 rings (SSSR count). The monoisotopic (exact) mass is 2120 g/mol. The van der Waals surface area contributed by atoms with E-state index in [-0.39, 0.29) is 88.5 Å². The summed E-state index contributed by atoms with van der Waals surface area (Å²) in [5.74, 6) is -7.98. The molecule has 836 valence electrons. The number of carboxylic acid groups (broad SMARTS) is 1. The quantitative estimate of drug-likeness (QED) is 0.0130. The summed E-state index contributed by atoms with van der Waals surface area (Å²) in [6, 6.07) is 30.5. The molecule has 0 radical (unpaired) electrons. The minimum atomic E-state index is -1.60. The van der Waals surface area contributed by atoms with E-state index in [1.54, 1.807) is 118 Å². The van der Waals surface area contributed by atoms with E-state index in [9.17, 15) is 87.2 Å². The van der Waals surface area contributed by atoms with Crippen molar-refractivity contribution in [1.29, 1.82) is 0 Å². The second-order valence-corrected chi connectivity index (χ2v) is 42.3. The lowest BCUT2D eigenvalue weighted by Crippen LogP contribution is -3.00. The molecule has 5 aromatic rings. The number of carbonyl (C=O) groups excluding carboxylic acids is 14. The molecule has 0 aromatic heterocycles. The molecule has 13 N–H and O–H groups in total. The first-order valence-electron chi connectivity index (χ1n) is 51.6.